The van der Waals surface area contributed by atoms with Crippen LogP contribution in [0.3, 0.4) is 0 Å². The molecule has 0 saturated carbocycles. The molecule has 0 fully saturated rings. The maximum absolute atomic E-state index is 12.4. The van der Waals surface area contributed by atoms with E-state index < -0.39 is 0 Å². The third kappa shape index (κ3) is 3.98. The minimum absolute atomic E-state index is 0.175. The van der Waals surface area contributed by atoms with Crippen LogP contribution < -0.4 is 5.32 Å². The van der Waals surface area contributed by atoms with E-state index in [0.29, 0.717) is 18.1 Å². The van der Waals surface area contributed by atoms with Crippen molar-refractivity contribution in [2.24, 2.45) is 0 Å². The van der Waals surface area contributed by atoms with Crippen molar-refractivity contribution < 1.29 is 4.79 Å². The van der Waals surface area contributed by atoms with Crippen molar-refractivity contribution in [2.75, 3.05) is 18.9 Å². The van der Waals surface area contributed by atoms with E-state index in [4.69, 9.17) is 0 Å². The first kappa shape index (κ1) is 14.9. The molecular formula is C15H19N5O. The number of pyridine rings is 1. The van der Waals surface area contributed by atoms with Crippen LogP contribution in [0.15, 0.2) is 30.6 Å². The lowest BCUT2D eigenvalue weighted by Crippen LogP contribution is -2.27. The zero-order valence-corrected chi connectivity index (χ0v) is 12.5. The molecule has 0 atom stereocenters. The van der Waals surface area contributed by atoms with E-state index in [1.165, 1.54) is 6.20 Å². The molecule has 6 heteroatoms. The van der Waals surface area contributed by atoms with Crippen LogP contribution in [-0.2, 0) is 6.54 Å². The molecule has 21 heavy (non-hydrogen) atoms. The summed E-state index contributed by atoms with van der Waals surface area (Å²) in [6, 6.07) is 5.76. The molecule has 0 unspecified atom stereocenters. The van der Waals surface area contributed by atoms with E-state index in [2.05, 4.69) is 20.3 Å². The Morgan fingerprint density at radius 1 is 1.29 bits per heavy atom. The van der Waals surface area contributed by atoms with Gasteiger partial charge >= 0.3 is 0 Å². The second-order valence-electron chi connectivity index (χ2n) is 4.75. The second-order valence-corrected chi connectivity index (χ2v) is 4.75. The van der Waals surface area contributed by atoms with E-state index >= 15 is 0 Å². The van der Waals surface area contributed by atoms with E-state index in [-0.39, 0.29) is 5.91 Å². The summed E-state index contributed by atoms with van der Waals surface area (Å²) in [5.74, 6) is 0.427. The number of carbonyl (C=O) groups excluding carboxylic acids is 1. The second kappa shape index (κ2) is 6.78. The van der Waals surface area contributed by atoms with Crippen molar-refractivity contribution in [1.29, 1.82) is 0 Å². The average molecular weight is 285 g/mol. The normalized spacial score (nSPS) is 10.2. The Morgan fingerprint density at radius 2 is 2.10 bits per heavy atom. The molecule has 0 saturated heterocycles. The molecule has 0 aliphatic carbocycles. The zero-order chi connectivity index (χ0) is 15.2. The third-order valence-corrected chi connectivity index (χ3v) is 2.90. The van der Waals surface area contributed by atoms with Gasteiger partial charge < -0.3 is 10.2 Å². The summed E-state index contributed by atoms with van der Waals surface area (Å²) in [5, 5.41) is 3.04. The summed E-state index contributed by atoms with van der Waals surface area (Å²) in [5.41, 5.74) is 2.10. The van der Waals surface area contributed by atoms with Gasteiger partial charge in [0.25, 0.3) is 5.91 Å². The first-order valence-corrected chi connectivity index (χ1v) is 6.84. The van der Waals surface area contributed by atoms with Crippen molar-refractivity contribution in [1.82, 2.24) is 19.9 Å². The SMILES string of the molecule is CCNc1cncc(C(=O)N(C)Cc2cccc(C)n2)n1. The fraction of sp³-hybridized carbons (Fsp3) is 0.333. The van der Waals surface area contributed by atoms with Crippen LogP contribution >= 0.6 is 0 Å². The Hall–Kier alpha value is -2.50. The Morgan fingerprint density at radius 3 is 2.81 bits per heavy atom. The predicted octanol–water partition coefficient (Wildman–Crippen LogP) is 1.88. The smallest absolute Gasteiger partial charge is 0.274 e. The van der Waals surface area contributed by atoms with Gasteiger partial charge in [0.2, 0.25) is 0 Å². The van der Waals surface area contributed by atoms with E-state index in [1.54, 1.807) is 18.1 Å². The Labute approximate surface area is 124 Å². The number of rotatable bonds is 5. The minimum atomic E-state index is -0.175. The van der Waals surface area contributed by atoms with Crippen molar-refractivity contribution in [2.45, 2.75) is 20.4 Å². The highest BCUT2D eigenvalue weighted by Gasteiger charge is 2.15. The molecule has 1 N–H and O–H groups in total. The minimum Gasteiger partial charge on any atom is -0.369 e. The van der Waals surface area contributed by atoms with Gasteiger partial charge in [0.15, 0.2) is 0 Å². The van der Waals surface area contributed by atoms with Gasteiger partial charge in [-0.1, -0.05) is 6.07 Å². The van der Waals surface area contributed by atoms with Crippen LogP contribution in [0.1, 0.15) is 28.8 Å². The van der Waals surface area contributed by atoms with Crippen LogP contribution in [0.2, 0.25) is 0 Å². The molecule has 2 aromatic heterocycles. The summed E-state index contributed by atoms with van der Waals surface area (Å²) in [4.78, 5) is 26.6. The molecule has 0 aliphatic heterocycles. The highest BCUT2D eigenvalue weighted by atomic mass is 16.2. The van der Waals surface area contributed by atoms with Crippen LogP contribution in [0.4, 0.5) is 5.82 Å². The van der Waals surface area contributed by atoms with Crippen molar-refractivity contribution in [3.63, 3.8) is 0 Å². The Bertz CT molecular complexity index is 629. The average Bonchev–Trinajstić information content (AvgIpc) is 2.47. The van der Waals surface area contributed by atoms with Gasteiger partial charge in [-0.3, -0.25) is 14.8 Å². The molecule has 0 bridgehead atoms. The van der Waals surface area contributed by atoms with Crippen molar-refractivity contribution in [3.05, 3.63) is 47.7 Å². The molecule has 1 amide bonds. The van der Waals surface area contributed by atoms with Gasteiger partial charge in [0, 0.05) is 19.3 Å². The maximum atomic E-state index is 12.4. The molecular weight excluding hydrogens is 266 g/mol. The van der Waals surface area contributed by atoms with Gasteiger partial charge in [-0.25, -0.2) is 4.98 Å². The van der Waals surface area contributed by atoms with Crippen molar-refractivity contribution in [3.8, 4) is 0 Å². The molecule has 0 aromatic carbocycles. The van der Waals surface area contributed by atoms with E-state index in [1.807, 2.05) is 32.0 Å². The molecule has 0 spiro atoms. The van der Waals surface area contributed by atoms with E-state index in [9.17, 15) is 4.79 Å². The van der Waals surface area contributed by atoms with Crippen LogP contribution in [0.5, 0.6) is 0 Å². The maximum Gasteiger partial charge on any atom is 0.274 e. The molecule has 2 rings (SSSR count). The number of nitrogens with zero attached hydrogens (tertiary/aromatic N) is 4. The van der Waals surface area contributed by atoms with Gasteiger partial charge in [0.05, 0.1) is 24.6 Å². The number of carbonyl (C=O) groups is 1. The lowest BCUT2D eigenvalue weighted by molar-refractivity contribution is 0.0777. The van der Waals surface area contributed by atoms with E-state index in [0.717, 1.165) is 17.9 Å². The largest absolute Gasteiger partial charge is 0.369 e. The topological polar surface area (TPSA) is 71.0 Å². The number of aromatic nitrogens is 3. The first-order chi connectivity index (χ1) is 10.1. The Balaban J connectivity index is 2.10. The number of hydrogen-bond acceptors (Lipinski definition) is 5. The molecule has 2 heterocycles. The molecule has 0 radical (unpaired) electrons. The monoisotopic (exact) mass is 285 g/mol. The third-order valence-electron chi connectivity index (χ3n) is 2.90. The standard InChI is InChI=1S/C15H19N5O/c1-4-17-14-9-16-8-13(19-14)15(21)20(3)10-12-7-5-6-11(2)18-12/h5-9H,4,10H2,1-3H3,(H,17,19). The lowest BCUT2D eigenvalue weighted by Gasteiger charge is -2.16. The number of aryl methyl sites for hydroxylation is 1. The number of nitrogens with one attached hydrogen (secondary N) is 1. The van der Waals surface area contributed by atoms with Gasteiger partial charge in [0.1, 0.15) is 11.5 Å². The number of amides is 1. The fourth-order valence-corrected chi connectivity index (χ4v) is 1.93. The summed E-state index contributed by atoms with van der Waals surface area (Å²) in [6.45, 7) is 5.06. The van der Waals surface area contributed by atoms with Gasteiger partial charge in [-0.15, -0.1) is 0 Å². The highest BCUT2D eigenvalue weighted by Crippen LogP contribution is 2.07. The Kier molecular flexibility index (Phi) is 4.81. The highest BCUT2D eigenvalue weighted by molar-refractivity contribution is 5.92. The summed E-state index contributed by atoms with van der Waals surface area (Å²) >= 11 is 0. The van der Waals surface area contributed by atoms with Gasteiger partial charge in [-0.2, -0.15) is 0 Å². The molecule has 110 valence electrons. The molecule has 6 nitrogen and oxygen atoms in total. The quantitative estimate of drug-likeness (QED) is 0.908. The van der Waals surface area contributed by atoms with Crippen LogP contribution in [0, 0.1) is 6.92 Å². The van der Waals surface area contributed by atoms with Gasteiger partial charge in [-0.05, 0) is 26.0 Å². The zero-order valence-electron chi connectivity index (χ0n) is 12.5. The van der Waals surface area contributed by atoms with Crippen molar-refractivity contribution >= 4 is 11.7 Å². The predicted molar refractivity (Wildman–Crippen MR) is 81.0 cm³/mol. The molecule has 2 aromatic rings. The number of hydrogen-bond donors (Lipinski definition) is 1. The first-order valence-electron chi connectivity index (χ1n) is 6.84. The lowest BCUT2D eigenvalue weighted by atomic mass is 10.3. The summed E-state index contributed by atoms with van der Waals surface area (Å²) in [7, 11) is 1.73. The summed E-state index contributed by atoms with van der Waals surface area (Å²) in [6.07, 6.45) is 3.08. The number of anilines is 1. The summed E-state index contributed by atoms with van der Waals surface area (Å²) < 4.78 is 0. The van der Waals surface area contributed by atoms with Crippen LogP contribution in [-0.4, -0.2) is 39.4 Å². The fourth-order valence-electron chi connectivity index (χ4n) is 1.93. The molecule has 0 aliphatic rings. The van der Waals surface area contributed by atoms with Crippen LogP contribution in [0.25, 0.3) is 0 Å².